The Balaban J connectivity index is 1.96. The van der Waals surface area contributed by atoms with Crippen LogP contribution in [0, 0.1) is 13.8 Å². The maximum atomic E-state index is 4.61. The topological polar surface area (TPSA) is 28.2 Å². The minimum absolute atomic E-state index is 0.488. The van der Waals surface area contributed by atoms with E-state index in [1.165, 1.54) is 36.0 Å². The van der Waals surface area contributed by atoms with Crippen LogP contribution in [0.25, 0.3) is 10.9 Å². The lowest BCUT2D eigenvalue weighted by molar-refractivity contribution is 0.295. The summed E-state index contributed by atoms with van der Waals surface area (Å²) < 4.78 is 0. The van der Waals surface area contributed by atoms with Gasteiger partial charge in [0.05, 0.1) is 5.52 Å². The fourth-order valence-electron chi connectivity index (χ4n) is 3.17. The highest BCUT2D eigenvalue weighted by Gasteiger charge is 2.06. The van der Waals surface area contributed by atoms with Crippen LogP contribution >= 0.6 is 0 Å². The van der Waals surface area contributed by atoms with E-state index in [0.717, 1.165) is 24.3 Å². The Morgan fingerprint density at radius 2 is 1.87 bits per heavy atom. The van der Waals surface area contributed by atoms with Gasteiger partial charge in [0.15, 0.2) is 0 Å². The van der Waals surface area contributed by atoms with E-state index in [9.17, 15) is 0 Å². The van der Waals surface area contributed by atoms with Crippen molar-refractivity contribution in [1.29, 1.82) is 0 Å². The van der Waals surface area contributed by atoms with Crippen LogP contribution in [-0.4, -0.2) is 35.6 Å². The summed E-state index contributed by atoms with van der Waals surface area (Å²) >= 11 is 0. The second-order valence-corrected chi connectivity index (χ2v) is 6.53. The van der Waals surface area contributed by atoms with Crippen LogP contribution in [0.3, 0.4) is 0 Å². The number of benzene rings is 1. The second-order valence-electron chi connectivity index (χ2n) is 6.53. The van der Waals surface area contributed by atoms with Crippen molar-refractivity contribution in [2.24, 2.45) is 0 Å². The molecule has 0 amide bonds. The molecule has 3 nitrogen and oxygen atoms in total. The fraction of sp³-hybridized carbons (Fsp3) is 0.550. The van der Waals surface area contributed by atoms with Gasteiger partial charge in [0, 0.05) is 22.8 Å². The molecule has 0 fully saturated rings. The molecular formula is C20H31N3. The van der Waals surface area contributed by atoms with Crippen LogP contribution < -0.4 is 5.32 Å². The third-order valence-corrected chi connectivity index (χ3v) is 4.56. The quantitative estimate of drug-likeness (QED) is 0.760. The molecule has 0 spiro atoms. The average molecular weight is 313 g/mol. The van der Waals surface area contributed by atoms with Crippen LogP contribution in [-0.2, 0) is 0 Å². The van der Waals surface area contributed by atoms with Crippen molar-refractivity contribution in [1.82, 2.24) is 9.88 Å². The SMILES string of the molecule is CCN(CC)CCCC(C)Nc1ccc2nc(C)cc(C)c2c1. The lowest BCUT2D eigenvalue weighted by Crippen LogP contribution is -2.25. The molecule has 0 radical (unpaired) electrons. The van der Waals surface area contributed by atoms with Crippen molar-refractivity contribution in [2.75, 3.05) is 25.0 Å². The molecule has 2 aromatic rings. The standard InChI is InChI=1S/C20H31N3/c1-6-23(7-2)12-8-9-16(4)21-18-10-11-20-19(14-18)15(3)13-17(5)22-20/h10-11,13-14,16,21H,6-9,12H2,1-5H3. The number of pyridine rings is 1. The van der Waals surface area contributed by atoms with Gasteiger partial charge in [0.25, 0.3) is 0 Å². The summed E-state index contributed by atoms with van der Waals surface area (Å²) in [6.45, 7) is 14.4. The summed E-state index contributed by atoms with van der Waals surface area (Å²) in [5.74, 6) is 0. The first-order valence-electron chi connectivity index (χ1n) is 8.90. The molecule has 0 aliphatic heterocycles. The number of aryl methyl sites for hydroxylation is 2. The first-order valence-corrected chi connectivity index (χ1v) is 8.90. The van der Waals surface area contributed by atoms with E-state index < -0.39 is 0 Å². The predicted molar refractivity (Wildman–Crippen MR) is 101 cm³/mol. The highest BCUT2D eigenvalue weighted by molar-refractivity contribution is 5.85. The molecule has 0 aliphatic rings. The summed E-state index contributed by atoms with van der Waals surface area (Å²) in [6, 6.07) is 9.15. The number of fused-ring (bicyclic) bond motifs is 1. The first kappa shape index (κ1) is 17.7. The third-order valence-electron chi connectivity index (χ3n) is 4.56. The molecular weight excluding hydrogens is 282 g/mol. The molecule has 1 heterocycles. The van der Waals surface area contributed by atoms with Gasteiger partial charge in [0.2, 0.25) is 0 Å². The lowest BCUT2D eigenvalue weighted by Gasteiger charge is -2.20. The zero-order valence-corrected chi connectivity index (χ0v) is 15.3. The minimum Gasteiger partial charge on any atom is -0.383 e. The molecule has 1 aromatic heterocycles. The summed E-state index contributed by atoms with van der Waals surface area (Å²) in [4.78, 5) is 7.10. The van der Waals surface area contributed by atoms with E-state index >= 15 is 0 Å². The van der Waals surface area contributed by atoms with Crippen molar-refractivity contribution in [3.8, 4) is 0 Å². The largest absolute Gasteiger partial charge is 0.383 e. The molecule has 126 valence electrons. The molecule has 2 rings (SSSR count). The molecule has 0 saturated carbocycles. The van der Waals surface area contributed by atoms with Crippen LogP contribution in [0.5, 0.6) is 0 Å². The Morgan fingerprint density at radius 1 is 1.13 bits per heavy atom. The van der Waals surface area contributed by atoms with E-state index in [4.69, 9.17) is 0 Å². The minimum atomic E-state index is 0.488. The number of nitrogens with zero attached hydrogens (tertiary/aromatic N) is 2. The van der Waals surface area contributed by atoms with Gasteiger partial charge in [-0.25, -0.2) is 0 Å². The number of anilines is 1. The zero-order valence-electron chi connectivity index (χ0n) is 15.3. The van der Waals surface area contributed by atoms with E-state index in [1.54, 1.807) is 0 Å². The lowest BCUT2D eigenvalue weighted by atomic mass is 10.1. The Bertz CT molecular complexity index is 632. The van der Waals surface area contributed by atoms with Crippen molar-refractivity contribution in [3.63, 3.8) is 0 Å². The fourth-order valence-corrected chi connectivity index (χ4v) is 3.17. The molecule has 1 atom stereocenters. The Kier molecular flexibility index (Phi) is 6.40. The van der Waals surface area contributed by atoms with Gasteiger partial charge in [-0.2, -0.15) is 0 Å². The summed E-state index contributed by atoms with van der Waals surface area (Å²) in [6.07, 6.45) is 2.43. The average Bonchev–Trinajstić information content (AvgIpc) is 2.52. The van der Waals surface area contributed by atoms with E-state index in [2.05, 4.69) is 74.1 Å². The van der Waals surface area contributed by atoms with Crippen molar-refractivity contribution >= 4 is 16.6 Å². The number of hydrogen-bond acceptors (Lipinski definition) is 3. The van der Waals surface area contributed by atoms with Crippen LogP contribution in [0.1, 0.15) is 44.9 Å². The van der Waals surface area contributed by atoms with Gasteiger partial charge in [0.1, 0.15) is 0 Å². The van der Waals surface area contributed by atoms with E-state index in [0.29, 0.717) is 6.04 Å². The van der Waals surface area contributed by atoms with Crippen LogP contribution in [0.15, 0.2) is 24.3 Å². The second kappa shape index (κ2) is 8.30. The number of aromatic nitrogens is 1. The Hall–Kier alpha value is -1.61. The highest BCUT2D eigenvalue weighted by atomic mass is 15.1. The van der Waals surface area contributed by atoms with Gasteiger partial charge in [-0.05, 0) is 83.1 Å². The molecule has 1 N–H and O–H groups in total. The van der Waals surface area contributed by atoms with E-state index in [-0.39, 0.29) is 0 Å². The van der Waals surface area contributed by atoms with Gasteiger partial charge in [-0.1, -0.05) is 13.8 Å². The maximum absolute atomic E-state index is 4.61. The molecule has 0 bridgehead atoms. The smallest absolute Gasteiger partial charge is 0.0709 e. The molecule has 0 saturated heterocycles. The van der Waals surface area contributed by atoms with Crippen molar-refractivity contribution in [3.05, 3.63) is 35.5 Å². The molecule has 23 heavy (non-hydrogen) atoms. The van der Waals surface area contributed by atoms with Gasteiger partial charge >= 0.3 is 0 Å². The number of nitrogens with one attached hydrogen (secondary N) is 1. The summed E-state index contributed by atoms with van der Waals surface area (Å²) in [5, 5.41) is 4.89. The molecule has 1 unspecified atom stereocenters. The van der Waals surface area contributed by atoms with Gasteiger partial charge < -0.3 is 10.2 Å². The van der Waals surface area contributed by atoms with Gasteiger partial charge in [-0.15, -0.1) is 0 Å². The van der Waals surface area contributed by atoms with Crippen molar-refractivity contribution < 1.29 is 0 Å². The predicted octanol–water partition coefficient (Wildman–Crippen LogP) is 4.77. The monoisotopic (exact) mass is 313 g/mol. The first-order chi connectivity index (χ1) is 11.0. The zero-order chi connectivity index (χ0) is 16.8. The van der Waals surface area contributed by atoms with Gasteiger partial charge in [-0.3, -0.25) is 4.98 Å². The van der Waals surface area contributed by atoms with Crippen LogP contribution in [0.4, 0.5) is 5.69 Å². The number of hydrogen-bond donors (Lipinski definition) is 1. The molecule has 3 heteroatoms. The number of rotatable bonds is 8. The van der Waals surface area contributed by atoms with Crippen LogP contribution in [0.2, 0.25) is 0 Å². The Morgan fingerprint density at radius 3 is 2.57 bits per heavy atom. The summed E-state index contributed by atoms with van der Waals surface area (Å²) in [7, 11) is 0. The third kappa shape index (κ3) is 4.93. The highest BCUT2D eigenvalue weighted by Crippen LogP contribution is 2.22. The van der Waals surface area contributed by atoms with Crippen molar-refractivity contribution in [2.45, 2.75) is 53.5 Å². The normalized spacial score (nSPS) is 12.8. The summed E-state index contributed by atoms with van der Waals surface area (Å²) in [5.41, 5.74) is 4.66. The van der Waals surface area contributed by atoms with E-state index in [1.807, 2.05) is 0 Å². The molecule has 0 aliphatic carbocycles. The molecule has 1 aromatic carbocycles. The maximum Gasteiger partial charge on any atom is 0.0709 e. The Labute approximate surface area is 141 Å².